The molecular weight excluding hydrogens is 270 g/mol. The fraction of sp³-hybridized carbons (Fsp3) is 0.750. The zero-order valence-corrected chi connectivity index (χ0v) is 12.1. The first kappa shape index (κ1) is 14.0. The molecule has 102 valence electrons. The molecule has 4 nitrogen and oxygen atoms in total. The van der Waals surface area contributed by atoms with Gasteiger partial charge in [-0.05, 0) is 18.8 Å². The van der Waals surface area contributed by atoms with Gasteiger partial charge in [0.25, 0.3) is 0 Å². The largest absolute Gasteiger partial charge is 0.396 e. The number of sulfone groups is 1. The summed E-state index contributed by atoms with van der Waals surface area (Å²) < 4.78 is 23.1. The third kappa shape index (κ3) is 3.52. The summed E-state index contributed by atoms with van der Waals surface area (Å²) >= 11 is 1.59. The SMILES string of the molecule is CC(CO)c1cnc(CC2CCCS(=O)(=O)C2)s1. The van der Waals surface area contributed by atoms with Gasteiger partial charge in [0, 0.05) is 23.4 Å². The molecule has 1 aliphatic heterocycles. The minimum atomic E-state index is -2.83. The maximum Gasteiger partial charge on any atom is 0.150 e. The zero-order valence-electron chi connectivity index (χ0n) is 10.5. The Balaban J connectivity index is 1.99. The second-order valence-electron chi connectivity index (χ2n) is 5.07. The molecule has 0 spiro atoms. The average molecular weight is 289 g/mol. The Morgan fingerprint density at radius 1 is 1.61 bits per heavy atom. The highest BCUT2D eigenvalue weighted by Gasteiger charge is 2.25. The molecule has 2 heterocycles. The Morgan fingerprint density at radius 3 is 3.06 bits per heavy atom. The molecule has 2 atom stereocenters. The van der Waals surface area contributed by atoms with E-state index in [1.165, 1.54) is 0 Å². The number of hydrogen-bond acceptors (Lipinski definition) is 5. The average Bonchev–Trinajstić information content (AvgIpc) is 2.75. The first-order valence-electron chi connectivity index (χ1n) is 6.26. The van der Waals surface area contributed by atoms with Gasteiger partial charge in [0.1, 0.15) is 0 Å². The number of hydrogen-bond donors (Lipinski definition) is 1. The molecule has 18 heavy (non-hydrogen) atoms. The normalized spacial score (nSPS) is 24.9. The lowest BCUT2D eigenvalue weighted by atomic mass is 10.0. The van der Waals surface area contributed by atoms with Crippen LogP contribution in [0.25, 0.3) is 0 Å². The van der Waals surface area contributed by atoms with Crippen LogP contribution < -0.4 is 0 Å². The van der Waals surface area contributed by atoms with Crippen LogP contribution in [0.4, 0.5) is 0 Å². The van der Waals surface area contributed by atoms with Crippen LogP contribution in [0.5, 0.6) is 0 Å². The molecule has 0 bridgehead atoms. The van der Waals surface area contributed by atoms with Crippen molar-refractivity contribution in [1.29, 1.82) is 0 Å². The number of aromatic nitrogens is 1. The van der Waals surface area contributed by atoms with E-state index in [1.54, 1.807) is 17.5 Å². The standard InChI is InChI=1S/C12H19NO3S2/c1-9(7-14)11-6-13-12(17-11)5-10-3-2-4-18(15,16)8-10/h6,9-10,14H,2-5,7-8H2,1H3. The van der Waals surface area contributed by atoms with Crippen molar-refractivity contribution in [3.63, 3.8) is 0 Å². The van der Waals surface area contributed by atoms with Crippen molar-refractivity contribution in [3.8, 4) is 0 Å². The quantitative estimate of drug-likeness (QED) is 0.914. The van der Waals surface area contributed by atoms with E-state index < -0.39 is 9.84 Å². The maximum atomic E-state index is 11.6. The third-order valence-electron chi connectivity index (χ3n) is 3.35. The Morgan fingerprint density at radius 2 is 2.39 bits per heavy atom. The van der Waals surface area contributed by atoms with Gasteiger partial charge in [-0.1, -0.05) is 6.92 Å². The molecule has 0 aliphatic carbocycles. The molecule has 2 unspecified atom stereocenters. The Labute approximate surface area is 112 Å². The van der Waals surface area contributed by atoms with E-state index in [0.29, 0.717) is 11.5 Å². The van der Waals surface area contributed by atoms with Gasteiger partial charge in [-0.25, -0.2) is 13.4 Å². The highest BCUT2D eigenvalue weighted by atomic mass is 32.2. The number of aliphatic hydroxyl groups is 1. The Bertz CT molecular complexity index is 495. The van der Waals surface area contributed by atoms with Crippen LogP contribution >= 0.6 is 11.3 Å². The molecule has 0 saturated carbocycles. The lowest BCUT2D eigenvalue weighted by Crippen LogP contribution is -2.26. The van der Waals surface area contributed by atoms with Gasteiger partial charge in [0.15, 0.2) is 9.84 Å². The second kappa shape index (κ2) is 5.67. The lowest BCUT2D eigenvalue weighted by Gasteiger charge is -2.20. The van der Waals surface area contributed by atoms with Crippen molar-refractivity contribution < 1.29 is 13.5 Å². The fourth-order valence-electron chi connectivity index (χ4n) is 2.26. The molecule has 0 aromatic carbocycles. The van der Waals surface area contributed by atoms with Crippen LogP contribution in [0.1, 0.15) is 35.6 Å². The van der Waals surface area contributed by atoms with Crippen molar-refractivity contribution in [2.24, 2.45) is 5.92 Å². The van der Waals surface area contributed by atoms with E-state index in [0.717, 1.165) is 29.1 Å². The summed E-state index contributed by atoms with van der Waals surface area (Å²) in [7, 11) is -2.83. The molecule has 0 radical (unpaired) electrons. The molecule has 2 rings (SSSR count). The predicted octanol–water partition coefficient (Wildman–Crippen LogP) is 1.61. The number of nitrogens with zero attached hydrogens (tertiary/aromatic N) is 1. The second-order valence-corrected chi connectivity index (χ2v) is 8.44. The summed E-state index contributed by atoms with van der Waals surface area (Å²) in [4.78, 5) is 5.41. The van der Waals surface area contributed by atoms with Gasteiger partial charge in [-0.15, -0.1) is 11.3 Å². The van der Waals surface area contributed by atoms with E-state index in [9.17, 15) is 8.42 Å². The summed E-state index contributed by atoms with van der Waals surface area (Å²) in [5, 5.41) is 10.1. The molecule has 1 N–H and O–H groups in total. The zero-order chi connectivity index (χ0) is 13.2. The van der Waals surface area contributed by atoms with Crippen molar-refractivity contribution >= 4 is 21.2 Å². The van der Waals surface area contributed by atoms with Gasteiger partial charge in [-0.2, -0.15) is 0 Å². The van der Waals surface area contributed by atoms with E-state index in [1.807, 2.05) is 6.92 Å². The molecular formula is C12H19NO3S2. The van der Waals surface area contributed by atoms with Crippen LogP contribution in [0.3, 0.4) is 0 Å². The minimum Gasteiger partial charge on any atom is -0.396 e. The van der Waals surface area contributed by atoms with Crippen LogP contribution in [0.2, 0.25) is 0 Å². The summed E-state index contributed by atoms with van der Waals surface area (Å²) in [5.41, 5.74) is 0. The summed E-state index contributed by atoms with van der Waals surface area (Å²) in [6.45, 7) is 2.09. The highest BCUT2D eigenvalue weighted by molar-refractivity contribution is 7.91. The fourth-order valence-corrected chi connectivity index (χ4v) is 5.12. The van der Waals surface area contributed by atoms with Crippen molar-refractivity contribution in [2.45, 2.75) is 32.1 Å². The van der Waals surface area contributed by atoms with E-state index in [4.69, 9.17) is 5.11 Å². The van der Waals surface area contributed by atoms with Gasteiger partial charge < -0.3 is 5.11 Å². The van der Waals surface area contributed by atoms with Gasteiger partial charge in [0.2, 0.25) is 0 Å². The smallest absolute Gasteiger partial charge is 0.150 e. The molecule has 1 saturated heterocycles. The maximum absolute atomic E-state index is 11.6. The monoisotopic (exact) mass is 289 g/mol. The van der Waals surface area contributed by atoms with Gasteiger partial charge >= 0.3 is 0 Å². The summed E-state index contributed by atoms with van der Waals surface area (Å²) in [6.07, 6.45) is 4.31. The predicted molar refractivity (Wildman–Crippen MR) is 72.7 cm³/mol. The van der Waals surface area contributed by atoms with Crippen molar-refractivity contribution in [2.75, 3.05) is 18.1 Å². The van der Waals surface area contributed by atoms with Crippen molar-refractivity contribution in [1.82, 2.24) is 4.98 Å². The first-order chi connectivity index (χ1) is 8.50. The summed E-state index contributed by atoms with van der Waals surface area (Å²) in [5.74, 6) is 0.976. The number of aliphatic hydroxyl groups excluding tert-OH is 1. The Kier molecular flexibility index (Phi) is 4.40. The van der Waals surface area contributed by atoms with Crippen LogP contribution in [-0.2, 0) is 16.3 Å². The molecule has 1 aromatic rings. The van der Waals surface area contributed by atoms with E-state index >= 15 is 0 Å². The first-order valence-corrected chi connectivity index (χ1v) is 8.90. The van der Waals surface area contributed by atoms with Gasteiger partial charge in [0.05, 0.1) is 23.1 Å². The van der Waals surface area contributed by atoms with E-state index in [-0.39, 0.29) is 18.4 Å². The minimum absolute atomic E-state index is 0.117. The molecule has 1 fully saturated rings. The molecule has 0 amide bonds. The third-order valence-corrected chi connectivity index (χ3v) is 6.49. The topological polar surface area (TPSA) is 67.3 Å². The summed E-state index contributed by atoms with van der Waals surface area (Å²) in [6, 6.07) is 0. The van der Waals surface area contributed by atoms with Crippen LogP contribution in [0, 0.1) is 5.92 Å². The molecule has 6 heteroatoms. The molecule has 1 aliphatic rings. The van der Waals surface area contributed by atoms with E-state index in [2.05, 4.69) is 4.98 Å². The Hall–Kier alpha value is -0.460. The lowest BCUT2D eigenvalue weighted by molar-refractivity contribution is 0.274. The van der Waals surface area contributed by atoms with Crippen LogP contribution in [-0.4, -0.2) is 36.6 Å². The molecule has 1 aromatic heterocycles. The van der Waals surface area contributed by atoms with Gasteiger partial charge in [-0.3, -0.25) is 0 Å². The van der Waals surface area contributed by atoms with Crippen LogP contribution in [0.15, 0.2) is 6.20 Å². The van der Waals surface area contributed by atoms with Crippen molar-refractivity contribution in [3.05, 3.63) is 16.1 Å². The number of thiazole rings is 1. The number of rotatable bonds is 4. The highest BCUT2D eigenvalue weighted by Crippen LogP contribution is 2.27.